The number of hydrogen-bond donors (Lipinski definition) is 1. The Bertz CT molecular complexity index is 593. The van der Waals surface area contributed by atoms with Crippen molar-refractivity contribution in [3.05, 3.63) is 52.9 Å². The van der Waals surface area contributed by atoms with E-state index < -0.39 is 11.6 Å². The Labute approximate surface area is 117 Å². The Balaban J connectivity index is 2.30. The van der Waals surface area contributed by atoms with Crippen LogP contribution in [0.4, 0.5) is 8.78 Å². The summed E-state index contributed by atoms with van der Waals surface area (Å²) >= 11 is 0. The largest absolute Gasteiger partial charge is 0.313 e. The van der Waals surface area contributed by atoms with Crippen LogP contribution in [0.1, 0.15) is 29.9 Å². The molecule has 0 bridgehead atoms. The van der Waals surface area contributed by atoms with E-state index in [2.05, 4.69) is 10.4 Å². The third-order valence-electron chi connectivity index (χ3n) is 3.38. The maximum Gasteiger partial charge on any atom is 0.128 e. The molecule has 0 saturated carbocycles. The molecule has 20 heavy (non-hydrogen) atoms. The van der Waals surface area contributed by atoms with Crippen LogP contribution in [0.3, 0.4) is 0 Å². The molecule has 1 aromatic carbocycles. The molecule has 0 aliphatic heterocycles. The zero-order chi connectivity index (χ0) is 14.7. The van der Waals surface area contributed by atoms with E-state index in [1.165, 1.54) is 6.07 Å². The number of aromatic nitrogens is 2. The molecular weight excluding hydrogens is 260 g/mol. The van der Waals surface area contributed by atoms with Crippen molar-refractivity contribution in [2.75, 3.05) is 7.05 Å². The topological polar surface area (TPSA) is 29.9 Å². The van der Waals surface area contributed by atoms with Gasteiger partial charge in [0.2, 0.25) is 0 Å². The van der Waals surface area contributed by atoms with Gasteiger partial charge in [0.1, 0.15) is 11.6 Å². The highest BCUT2D eigenvalue weighted by Gasteiger charge is 2.18. The first kappa shape index (κ1) is 14.7. The van der Waals surface area contributed by atoms with Gasteiger partial charge in [-0.15, -0.1) is 0 Å². The fourth-order valence-electron chi connectivity index (χ4n) is 2.40. The van der Waals surface area contributed by atoms with E-state index in [9.17, 15) is 8.78 Å². The summed E-state index contributed by atoms with van der Waals surface area (Å²) < 4.78 is 29.1. The second-order valence-corrected chi connectivity index (χ2v) is 4.80. The summed E-state index contributed by atoms with van der Waals surface area (Å²) in [4.78, 5) is 0. The number of nitrogens with one attached hydrogen (secondary N) is 1. The molecule has 0 radical (unpaired) electrons. The molecule has 1 N–H and O–H groups in total. The number of nitrogens with zero attached hydrogens (tertiary/aromatic N) is 2. The van der Waals surface area contributed by atoms with Crippen molar-refractivity contribution in [1.29, 1.82) is 0 Å². The van der Waals surface area contributed by atoms with Crippen LogP contribution in [-0.2, 0) is 13.0 Å². The van der Waals surface area contributed by atoms with Crippen molar-refractivity contribution < 1.29 is 8.78 Å². The minimum atomic E-state index is -0.429. The monoisotopic (exact) mass is 279 g/mol. The number of aryl methyl sites for hydroxylation is 2. The summed E-state index contributed by atoms with van der Waals surface area (Å²) in [6, 6.07) is 5.23. The Kier molecular flexibility index (Phi) is 4.49. The van der Waals surface area contributed by atoms with Crippen molar-refractivity contribution >= 4 is 0 Å². The van der Waals surface area contributed by atoms with Gasteiger partial charge in [-0.1, -0.05) is 0 Å². The van der Waals surface area contributed by atoms with Gasteiger partial charge < -0.3 is 5.32 Å². The normalized spacial score (nSPS) is 12.7. The molecule has 0 aliphatic carbocycles. The molecule has 108 valence electrons. The van der Waals surface area contributed by atoms with E-state index in [4.69, 9.17) is 0 Å². The molecule has 0 spiro atoms. The van der Waals surface area contributed by atoms with Crippen LogP contribution in [0.5, 0.6) is 0 Å². The van der Waals surface area contributed by atoms with Crippen LogP contribution >= 0.6 is 0 Å². The summed E-state index contributed by atoms with van der Waals surface area (Å²) in [7, 11) is 1.74. The fraction of sp³-hybridized carbons (Fsp3) is 0.400. The summed E-state index contributed by atoms with van der Waals surface area (Å²) in [5.41, 5.74) is 2.28. The summed E-state index contributed by atoms with van der Waals surface area (Å²) in [5, 5.41) is 7.42. The van der Waals surface area contributed by atoms with Crippen molar-refractivity contribution in [3.63, 3.8) is 0 Å². The van der Waals surface area contributed by atoms with Crippen molar-refractivity contribution in [1.82, 2.24) is 15.1 Å². The number of likely N-dealkylation sites (N-methyl/N-ethyl adjacent to an activating group) is 1. The van der Waals surface area contributed by atoms with Gasteiger partial charge in [0, 0.05) is 30.3 Å². The molecule has 0 fully saturated rings. The van der Waals surface area contributed by atoms with Gasteiger partial charge in [0.15, 0.2) is 0 Å². The number of hydrogen-bond acceptors (Lipinski definition) is 2. The molecular formula is C15H19F2N3. The fourth-order valence-corrected chi connectivity index (χ4v) is 2.40. The van der Waals surface area contributed by atoms with Gasteiger partial charge in [-0.3, -0.25) is 4.68 Å². The van der Waals surface area contributed by atoms with Crippen LogP contribution in [0, 0.1) is 18.6 Å². The average Bonchev–Trinajstić information content (AvgIpc) is 2.79. The summed E-state index contributed by atoms with van der Waals surface area (Å²) in [6.07, 6.45) is 0.561. The molecule has 1 aromatic heterocycles. The molecule has 1 unspecified atom stereocenters. The molecule has 1 atom stereocenters. The molecule has 3 nitrogen and oxygen atoms in total. The zero-order valence-electron chi connectivity index (χ0n) is 12.0. The highest BCUT2D eigenvalue weighted by atomic mass is 19.1. The second kappa shape index (κ2) is 6.13. The van der Waals surface area contributed by atoms with Gasteiger partial charge in [-0.2, -0.15) is 5.10 Å². The molecule has 0 amide bonds. The van der Waals surface area contributed by atoms with Crippen LogP contribution in [0.15, 0.2) is 24.3 Å². The van der Waals surface area contributed by atoms with Crippen LogP contribution in [0.2, 0.25) is 0 Å². The Morgan fingerprint density at radius 3 is 2.70 bits per heavy atom. The summed E-state index contributed by atoms with van der Waals surface area (Å²) in [5.74, 6) is -0.827. The van der Waals surface area contributed by atoms with Gasteiger partial charge in [0.05, 0.1) is 5.69 Å². The first-order chi connectivity index (χ1) is 9.55. The van der Waals surface area contributed by atoms with Gasteiger partial charge in [-0.05, 0) is 45.2 Å². The van der Waals surface area contributed by atoms with Crippen LogP contribution < -0.4 is 5.32 Å². The van der Waals surface area contributed by atoms with Gasteiger partial charge in [0.25, 0.3) is 0 Å². The van der Waals surface area contributed by atoms with E-state index in [0.29, 0.717) is 12.0 Å². The predicted octanol–water partition coefficient (Wildman–Crippen LogP) is 2.99. The lowest BCUT2D eigenvalue weighted by Gasteiger charge is -2.18. The lowest BCUT2D eigenvalue weighted by molar-refractivity contribution is 0.503. The smallest absolute Gasteiger partial charge is 0.128 e. The van der Waals surface area contributed by atoms with Gasteiger partial charge in [-0.25, -0.2) is 8.78 Å². The zero-order valence-corrected chi connectivity index (χ0v) is 12.0. The number of halogens is 2. The third-order valence-corrected chi connectivity index (χ3v) is 3.38. The first-order valence-electron chi connectivity index (χ1n) is 6.70. The Morgan fingerprint density at radius 2 is 2.05 bits per heavy atom. The minimum Gasteiger partial charge on any atom is -0.313 e. The van der Waals surface area contributed by atoms with Crippen molar-refractivity contribution in [2.45, 2.75) is 32.9 Å². The molecule has 2 aromatic rings. The van der Waals surface area contributed by atoms with Crippen LogP contribution in [0.25, 0.3) is 0 Å². The SMILES string of the molecule is CCn1nc(C)cc1CC(NC)c1cc(F)ccc1F. The molecule has 0 aliphatic rings. The van der Waals surface area contributed by atoms with E-state index in [1.54, 1.807) is 7.05 Å². The molecule has 0 saturated heterocycles. The van der Waals surface area contributed by atoms with Crippen LogP contribution in [-0.4, -0.2) is 16.8 Å². The first-order valence-corrected chi connectivity index (χ1v) is 6.70. The molecule has 5 heteroatoms. The van der Waals surface area contributed by atoms with Crippen molar-refractivity contribution in [3.8, 4) is 0 Å². The maximum atomic E-state index is 13.9. The van der Waals surface area contributed by atoms with Crippen molar-refractivity contribution in [2.24, 2.45) is 0 Å². The van der Waals surface area contributed by atoms with E-state index in [0.717, 1.165) is 30.1 Å². The average molecular weight is 279 g/mol. The molecule has 1 heterocycles. The van der Waals surface area contributed by atoms with E-state index in [1.807, 2.05) is 24.6 Å². The summed E-state index contributed by atoms with van der Waals surface area (Å²) in [6.45, 7) is 4.69. The second-order valence-electron chi connectivity index (χ2n) is 4.80. The lowest BCUT2D eigenvalue weighted by Crippen LogP contribution is -2.21. The third kappa shape index (κ3) is 3.04. The Hall–Kier alpha value is -1.75. The van der Waals surface area contributed by atoms with Gasteiger partial charge >= 0.3 is 0 Å². The standard InChI is InChI=1S/C15H19F2N3/c1-4-20-12(7-10(2)19-20)9-15(18-3)13-8-11(16)5-6-14(13)17/h5-8,15,18H,4,9H2,1-3H3. The number of benzene rings is 1. The minimum absolute atomic E-state index is 0.285. The predicted molar refractivity (Wildman–Crippen MR) is 74.5 cm³/mol. The lowest BCUT2D eigenvalue weighted by atomic mass is 10.0. The van der Waals surface area contributed by atoms with E-state index >= 15 is 0 Å². The number of rotatable bonds is 5. The van der Waals surface area contributed by atoms with E-state index in [-0.39, 0.29) is 6.04 Å². The maximum absolute atomic E-state index is 13.9. The quantitative estimate of drug-likeness (QED) is 0.912. The Morgan fingerprint density at radius 1 is 1.30 bits per heavy atom. The molecule has 2 rings (SSSR count). The highest BCUT2D eigenvalue weighted by Crippen LogP contribution is 2.22. The highest BCUT2D eigenvalue weighted by molar-refractivity contribution is 5.24.